The van der Waals surface area contributed by atoms with Crippen LogP contribution >= 0.6 is 0 Å². The fraction of sp³-hybridized carbons (Fsp3) is 0.348. The van der Waals surface area contributed by atoms with Crippen LogP contribution in [0.25, 0.3) is 6.08 Å². The lowest BCUT2D eigenvalue weighted by Crippen LogP contribution is -2.35. The van der Waals surface area contributed by atoms with Crippen molar-refractivity contribution in [3.8, 4) is 5.75 Å². The second kappa shape index (κ2) is 9.91. The normalized spacial score (nSPS) is 15.3. The van der Waals surface area contributed by atoms with E-state index >= 15 is 0 Å². The Morgan fingerprint density at radius 1 is 1.10 bits per heavy atom. The summed E-state index contributed by atoms with van der Waals surface area (Å²) in [7, 11) is -2.18. The first-order valence-corrected chi connectivity index (χ1v) is 11.5. The molecule has 0 unspecified atom stereocenters. The molecule has 2 aromatic carbocycles. The van der Waals surface area contributed by atoms with Crippen LogP contribution in [0.15, 0.2) is 53.4 Å². The van der Waals surface area contributed by atoms with Crippen molar-refractivity contribution < 1.29 is 17.9 Å². The van der Waals surface area contributed by atoms with E-state index in [2.05, 4.69) is 5.32 Å². The molecule has 1 aliphatic heterocycles. The number of benzene rings is 2. The lowest BCUT2D eigenvalue weighted by Gasteiger charge is -2.26. The minimum absolute atomic E-state index is 0.133. The van der Waals surface area contributed by atoms with Gasteiger partial charge in [0.15, 0.2) is 0 Å². The zero-order valence-electron chi connectivity index (χ0n) is 17.4. The lowest BCUT2D eigenvalue weighted by molar-refractivity contribution is -0.116. The summed E-state index contributed by atoms with van der Waals surface area (Å²) in [4.78, 5) is 12.3. The smallest absolute Gasteiger partial charge is 0.246 e. The van der Waals surface area contributed by atoms with Gasteiger partial charge in [0, 0.05) is 25.7 Å². The number of carbonyl (C=O) groups excluding carboxylic acids is 1. The van der Waals surface area contributed by atoms with Crippen molar-refractivity contribution in [3.05, 3.63) is 65.2 Å². The quantitative estimate of drug-likeness (QED) is 0.685. The van der Waals surface area contributed by atoms with Crippen LogP contribution < -0.4 is 10.1 Å². The monoisotopic (exact) mass is 428 g/mol. The Labute approximate surface area is 178 Å². The molecule has 1 heterocycles. The summed E-state index contributed by atoms with van der Waals surface area (Å²) in [5.41, 5.74) is 2.80. The van der Waals surface area contributed by atoms with Crippen molar-refractivity contribution in [2.24, 2.45) is 0 Å². The van der Waals surface area contributed by atoms with Gasteiger partial charge in [-0.25, -0.2) is 8.42 Å². The van der Waals surface area contributed by atoms with Crippen molar-refractivity contribution in [2.75, 3.05) is 20.2 Å². The van der Waals surface area contributed by atoms with Gasteiger partial charge in [0.05, 0.1) is 7.11 Å². The number of ether oxygens (including phenoxy) is 1. The number of rotatable bonds is 7. The molecule has 7 heteroatoms. The Hall–Kier alpha value is -2.64. The molecule has 0 atom stereocenters. The van der Waals surface area contributed by atoms with Crippen molar-refractivity contribution in [1.29, 1.82) is 0 Å². The summed E-state index contributed by atoms with van der Waals surface area (Å²) >= 11 is 0. The molecule has 160 valence electrons. The van der Waals surface area contributed by atoms with Crippen LogP contribution in [-0.4, -0.2) is 38.8 Å². The van der Waals surface area contributed by atoms with Gasteiger partial charge in [0.2, 0.25) is 15.9 Å². The third-order valence-corrected chi connectivity index (χ3v) is 7.05. The van der Waals surface area contributed by atoms with Gasteiger partial charge in [-0.2, -0.15) is 4.31 Å². The van der Waals surface area contributed by atoms with Crippen LogP contribution in [0.5, 0.6) is 5.75 Å². The molecule has 0 aromatic heterocycles. The molecule has 1 amide bonds. The molecule has 1 fully saturated rings. The third kappa shape index (κ3) is 5.49. The third-order valence-electron chi connectivity index (χ3n) is 5.14. The van der Waals surface area contributed by atoms with Crippen molar-refractivity contribution in [3.63, 3.8) is 0 Å². The second-order valence-corrected chi connectivity index (χ2v) is 9.32. The maximum absolute atomic E-state index is 13.1. The molecule has 30 heavy (non-hydrogen) atoms. The van der Waals surface area contributed by atoms with E-state index in [1.54, 1.807) is 24.3 Å². The van der Waals surface area contributed by atoms with Gasteiger partial charge in [-0.1, -0.05) is 42.3 Å². The van der Waals surface area contributed by atoms with E-state index < -0.39 is 10.0 Å². The molecule has 0 saturated carbocycles. The number of hydrogen-bond acceptors (Lipinski definition) is 4. The molecule has 1 N–H and O–H groups in total. The highest BCUT2D eigenvalue weighted by molar-refractivity contribution is 7.89. The van der Waals surface area contributed by atoms with E-state index in [0.717, 1.165) is 24.8 Å². The van der Waals surface area contributed by atoms with Crippen molar-refractivity contribution >= 4 is 22.0 Å². The molecular formula is C23H28N2O4S. The number of piperidine rings is 1. The van der Waals surface area contributed by atoms with Gasteiger partial charge < -0.3 is 10.1 Å². The minimum atomic E-state index is -3.64. The van der Waals surface area contributed by atoms with Crippen molar-refractivity contribution in [1.82, 2.24) is 9.62 Å². The van der Waals surface area contributed by atoms with E-state index in [0.29, 0.717) is 30.9 Å². The molecule has 3 rings (SSSR count). The summed E-state index contributed by atoms with van der Waals surface area (Å²) in [6.07, 6.45) is 5.79. The Kier molecular flexibility index (Phi) is 7.29. The van der Waals surface area contributed by atoms with Crippen LogP contribution in [0, 0.1) is 6.92 Å². The predicted octanol–water partition coefficient (Wildman–Crippen LogP) is 3.51. The summed E-state index contributed by atoms with van der Waals surface area (Å²) in [6.45, 7) is 3.49. The Morgan fingerprint density at radius 3 is 2.47 bits per heavy atom. The van der Waals surface area contributed by atoms with Gasteiger partial charge in [0.25, 0.3) is 0 Å². The molecule has 0 radical (unpaired) electrons. The molecule has 0 aliphatic carbocycles. The number of carbonyl (C=O) groups is 1. The average Bonchev–Trinajstić information content (AvgIpc) is 2.77. The molecule has 2 aromatic rings. The zero-order valence-corrected chi connectivity index (χ0v) is 18.2. The lowest BCUT2D eigenvalue weighted by atomic mass is 10.1. The van der Waals surface area contributed by atoms with Crippen molar-refractivity contribution in [2.45, 2.75) is 37.6 Å². The minimum Gasteiger partial charge on any atom is -0.495 e. The van der Waals surface area contributed by atoms with E-state index in [4.69, 9.17) is 4.74 Å². The summed E-state index contributed by atoms with van der Waals surface area (Å²) in [6, 6.07) is 12.9. The highest BCUT2D eigenvalue weighted by Gasteiger charge is 2.28. The Bertz CT molecular complexity index is 1010. The van der Waals surface area contributed by atoms with E-state index in [-0.39, 0.29) is 10.8 Å². The fourth-order valence-electron chi connectivity index (χ4n) is 3.37. The maximum atomic E-state index is 13.1. The highest BCUT2D eigenvalue weighted by Crippen LogP contribution is 2.29. The molecular weight excluding hydrogens is 400 g/mol. The van der Waals surface area contributed by atoms with Gasteiger partial charge in [0.1, 0.15) is 10.6 Å². The first kappa shape index (κ1) is 22.1. The van der Waals surface area contributed by atoms with Gasteiger partial charge in [-0.15, -0.1) is 0 Å². The molecule has 0 spiro atoms. The van der Waals surface area contributed by atoms with Crippen LogP contribution in [0.4, 0.5) is 0 Å². The maximum Gasteiger partial charge on any atom is 0.246 e. The summed E-state index contributed by atoms with van der Waals surface area (Å²) in [5.74, 6) is 0.0633. The van der Waals surface area contributed by atoms with Crippen LogP contribution in [-0.2, 0) is 21.4 Å². The predicted molar refractivity (Wildman–Crippen MR) is 118 cm³/mol. The van der Waals surface area contributed by atoms with Crippen LogP contribution in [0.2, 0.25) is 0 Å². The molecule has 0 bridgehead atoms. The number of methoxy groups -OCH3 is 1. The SMILES string of the molecule is COc1ccc(C=CC(=O)NCc2ccc(C)cc2)cc1S(=O)(=O)N1CCCCC1. The molecule has 6 nitrogen and oxygen atoms in total. The average molecular weight is 429 g/mol. The molecule has 1 saturated heterocycles. The fourth-order valence-corrected chi connectivity index (χ4v) is 5.08. The summed E-state index contributed by atoms with van der Waals surface area (Å²) < 4.78 is 33.0. The number of sulfonamides is 1. The zero-order chi connectivity index (χ0) is 21.6. The van der Waals surface area contributed by atoms with E-state index in [1.807, 2.05) is 31.2 Å². The Balaban J connectivity index is 1.72. The highest BCUT2D eigenvalue weighted by atomic mass is 32.2. The van der Waals surface area contributed by atoms with E-state index in [9.17, 15) is 13.2 Å². The second-order valence-electron chi connectivity index (χ2n) is 7.41. The Morgan fingerprint density at radius 2 is 1.80 bits per heavy atom. The molecule has 1 aliphatic rings. The topological polar surface area (TPSA) is 75.7 Å². The van der Waals surface area contributed by atoms with Crippen LogP contribution in [0.1, 0.15) is 36.0 Å². The van der Waals surface area contributed by atoms with Crippen LogP contribution in [0.3, 0.4) is 0 Å². The number of aryl methyl sites for hydroxylation is 1. The summed E-state index contributed by atoms with van der Waals surface area (Å²) in [5, 5.41) is 2.83. The van der Waals surface area contributed by atoms with Gasteiger partial charge in [-0.3, -0.25) is 4.79 Å². The number of amides is 1. The van der Waals surface area contributed by atoms with Gasteiger partial charge in [-0.05, 0) is 49.1 Å². The number of nitrogens with one attached hydrogen (secondary N) is 1. The van der Waals surface area contributed by atoms with Gasteiger partial charge >= 0.3 is 0 Å². The van der Waals surface area contributed by atoms with E-state index in [1.165, 1.54) is 23.1 Å². The number of hydrogen-bond donors (Lipinski definition) is 1. The number of nitrogens with zero attached hydrogens (tertiary/aromatic N) is 1. The standard InChI is InChI=1S/C23H28N2O4S/c1-18-6-8-20(9-7-18)17-24-23(26)13-11-19-10-12-21(29-2)22(16-19)30(27,28)25-14-4-3-5-15-25/h6-13,16H,3-5,14-15,17H2,1-2H3,(H,24,26). The largest absolute Gasteiger partial charge is 0.495 e. The first-order valence-electron chi connectivity index (χ1n) is 10.1. The first-order chi connectivity index (χ1) is 14.4.